The number of hydrogen-bond acceptors (Lipinski definition) is 5. The van der Waals surface area contributed by atoms with Gasteiger partial charge in [0.25, 0.3) is 5.91 Å². The molecule has 39 heavy (non-hydrogen) atoms. The number of carbonyl (C=O) groups excluding carboxylic acids is 3. The smallest absolute Gasteiger partial charge is 0.255 e. The van der Waals surface area contributed by atoms with Crippen molar-refractivity contribution in [3.8, 4) is 11.8 Å². The Bertz CT molecular complexity index is 1060. The first kappa shape index (κ1) is 35.5. The fraction of sp³-hybridized carbons (Fsp3) is 0.452. The van der Waals surface area contributed by atoms with E-state index in [9.17, 15) is 18.8 Å². The second kappa shape index (κ2) is 21.4. The number of aryl methyl sites for hydroxylation is 1. The Hall–Kier alpha value is -3.54. The number of carbonyl (C=O) groups is 3. The third kappa shape index (κ3) is 14.8. The van der Waals surface area contributed by atoms with Gasteiger partial charge >= 0.3 is 0 Å². The second-order valence-corrected chi connectivity index (χ2v) is 8.42. The number of Topliss-reactive ketones (excluding diaryl/α,β-unsaturated/α-hetero) is 1. The van der Waals surface area contributed by atoms with Gasteiger partial charge in [-0.25, -0.2) is 9.87 Å². The summed E-state index contributed by atoms with van der Waals surface area (Å²) in [5.74, 6) is 3.82. The number of ether oxygens (including phenoxy) is 1. The summed E-state index contributed by atoms with van der Waals surface area (Å²) >= 11 is 0. The number of ketones is 1. The third-order valence-corrected chi connectivity index (χ3v) is 5.47. The Morgan fingerprint density at radius 3 is 2.08 bits per heavy atom. The minimum Gasteiger partial charge on any atom is -0.381 e. The van der Waals surface area contributed by atoms with E-state index in [-0.39, 0.29) is 11.6 Å². The summed E-state index contributed by atoms with van der Waals surface area (Å²) in [6.45, 7) is 10.6. The van der Waals surface area contributed by atoms with E-state index in [1.165, 1.54) is 32.4 Å². The molecule has 2 aromatic carbocycles. The van der Waals surface area contributed by atoms with Crippen LogP contribution in [0, 0.1) is 23.6 Å². The van der Waals surface area contributed by atoms with Crippen LogP contribution in [0.1, 0.15) is 87.4 Å². The molecule has 0 bridgehead atoms. The lowest BCUT2D eigenvalue weighted by atomic mass is 10.0. The van der Waals surface area contributed by atoms with Crippen molar-refractivity contribution in [2.75, 3.05) is 20.3 Å². The molecule has 0 aliphatic heterocycles. The van der Waals surface area contributed by atoms with Crippen LogP contribution in [0.5, 0.6) is 0 Å². The Labute approximate surface area is 232 Å². The normalized spacial score (nSPS) is 10.4. The van der Waals surface area contributed by atoms with Crippen LogP contribution in [-0.4, -0.2) is 43.1 Å². The van der Waals surface area contributed by atoms with Gasteiger partial charge in [-0.15, -0.1) is 0 Å². The van der Waals surface area contributed by atoms with Crippen molar-refractivity contribution in [1.29, 1.82) is 0 Å². The van der Waals surface area contributed by atoms with E-state index in [0.29, 0.717) is 17.5 Å². The molecule has 0 fully saturated rings. The summed E-state index contributed by atoms with van der Waals surface area (Å²) in [6.07, 6.45) is 4.81. The average molecular weight is 543 g/mol. The fourth-order valence-electron chi connectivity index (χ4n) is 3.06. The average Bonchev–Trinajstić information content (AvgIpc) is 2.96. The first-order valence-corrected chi connectivity index (χ1v) is 13.4. The number of nitrogens with one attached hydrogen (secondary N) is 2. The van der Waals surface area contributed by atoms with E-state index in [4.69, 9.17) is 9.94 Å². The van der Waals surface area contributed by atoms with Crippen LogP contribution in [0.25, 0.3) is 0 Å². The maximum atomic E-state index is 14.3. The summed E-state index contributed by atoms with van der Waals surface area (Å²) in [4.78, 5) is 32.4. The molecular formula is C31H43FN2O5. The van der Waals surface area contributed by atoms with Gasteiger partial charge in [-0.3, -0.25) is 19.6 Å². The standard InChI is InChI=1S/C24H27FO2.C5H10N2O3.C2H6/c1-3-4-16-27-17-6-5-7-23-15-12-21(18-24(23)25)9-8-20-10-13-22(14-11-20)19(2)26;1-3(4(8)6-2)5(9)7-10;1-2/h10-15,18H,3-7,16-17H2,1-2H3;3,10H,1-2H3,(H,6,8)(H,7,9);1-2H3. The van der Waals surface area contributed by atoms with Crippen LogP contribution < -0.4 is 10.8 Å². The Morgan fingerprint density at radius 1 is 0.949 bits per heavy atom. The lowest BCUT2D eigenvalue weighted by Gasteiger charge is -2.05. The van der Waals surface area contributed by atoms with E-state index in [0.717, 1.165) is 50.0 Å². The zero-order valence-electron chi connectivity index (χ0n) is 24.0. The molecule has 8 heteroatoms. The molecule has 2 amide bonds. The fourth-order valence-corrected chi connectivity index (χ4v) is 3.06. The lowest BCUT2D eigenvalue weighted by molar-refractivity contribution is -0.139. The lowest BCUT2D eigenvalue weighted by Crippen LogP contribution is -2.36. The van der Waals surface area contributed by atoms with Crippen LogP contribution in [-0.2, 0) is 20.7 Å². The predicted octanol–water partition coefficient (Wildman–Crippen LogP) is 5.47. The monoisotopic (exact) mass is 542 g/mol. The largest absolute Gasteiger partial charge is 0.381 e. The predicted molar refractivity (Wildman–Crippen MR) is 152 cm³/mol. The van der Waals surface area contributed by atoms with Gasteiger partial charge in [0.05, 0.1) is 0 Å². The molecule has 0 saturated heterocycles. The van der Waals surface area contributed by atoms with Gasteiger partial charge in [0.1, 0.15) is 11.7 Å². The highest BCUT2D eigenvalue weighted by Gasteiger charge is 2.18. The van der Waals surface area contributed by atoms with Gasteiger partial charge < -0.3 is 10.1 Å². The first-order chi connectivity index (χ1) is 18.7. The maximum absolute atomic E-state index is 14.3. The van der Waals surface area contributed by atoms with Gasteiger partial charge in [-0.1, -0.05) is 57.2 Å². The zero-order chi connectivity index (χ0) is 29.6. The summed E-state index contributed by atoms with van der Waals surface area (Å²) in [6, 6.07) is 12.3. The third-order valence-electron chi connectivity index (χ3n) is 5.47. The number of amides is 2. The molecular weight excluding hydrogens is 499 g/mol. The number of rotatable bonds is 11. The number of unbranched alkanes of at least 4 members (excludes halogenated alkanes) is 2. The molecule has 2 aromatic rings. The molecule has 0 spiro atoms. The maximum Gasteiger partial charge on any atom is 0.255 e. The van der Waals surface area contributed by atoms with Crippen LogP contribution in [0.3, 0.4) is 0 Å². The Balaban J connectivity index is 0.00000101. The van der Waals surface area contributed by atoms with E-state index in [1.54, 1.807) is 24.3 Å². The van der Waals surface area contributed by atoms with E-state index < -0.39 is 17.7 Å². The van der Waals surface area contributed by atoms with Crippen molar-refractivity contribution in [3.05, 3.63) is 70.5 Å². The number of halogens is 1. The minimum atomic E-state index is -0.852. The highest BCUT2D eigenvalue weighted by atomic mass is 19.1. The summed E-state index contributed by atoms with van der Waals surface area (Å²) in [5.41, 5.74) is 4.21. The molecule has 0 aliphatic rings. The van der Waals surface area contributed by atoms with Gasteiger partial charge in [-0.2, -0.15) is 0 Å². The number of hydroxylamine groups is 1. The second-order valence-electron chi connectivity index (χ2n) is 8.42. The van der Waals surface area contributed by atoms with Crippen LogP contribution >= 0.6 is 0 Å². The Morgan fingerprint density at radius 2 is 1.54 bits per heavy atom. The van der Waals surface area contributed by atoms with Crippen molar-refractivity contribution in [1.82, 2.24) is 10.8 Å². The molecule has 2 rings (SSSR count). The minimum absolute atomic E-state index is 0.0275. The van der Waals surface area contributed by atoms with E-state index in [1.807, 2.05) is 26.0 Å². The van der Waals surface area contributed by atoms with Gasteiger partial charge in [0.2, 0.25) is 5.91 Å². The van der Waals surface area contributed by atoms with Crippen molar-refractivity contribution < 1.29 is 28.7 Å². The van der Waals surface area contributed by atoms with E-state index >= 15 is 0 Å². The zero-order valence-corrected chi connectivity index (χ0v) is 24.0. The van der Waals surface area contributed by atoms with Gasteiger partial charge in [0, 0.05) is 37.0 Å². The molecule has 0 heterocycles. The van der Waals surface area contributed by atoms with Crippen LogP contribution in [0.2, 0.25) is 0 Å². The van der Waals surface area contributed by atoms with Gasteiger partial charge in [0.15, 0.2) is 5.78 Å². The summed E-state index contributed by atoms with van der Waals surface area (Å²) in [7, 11) is 1.42. The molecule has 214 valence electrons. The Kier molecular flexibility index (Phi) is 19.5. The molecule has 1 atom stereocenters. The summed E-state index contributed by atoms with van der Waals surface area (Å²) in [5, 5.41) is 10.3. The molecule has 0 aromatic heterocycles. The molecule has 3 N–H and O–H groups in total. The number of hydrogen-bond donors (Lipinski definition) is 3. The molecule has 1 unspecified atom stereocenters. The number of benzene rings is 2. The highest BCUT2D eigenvalue weighted by Crippen LogP contribution is 2.13. The molecule has 0 radical (unpaired) electrons. The summed E-state index contributed by atoms with van der Waals surface area (Å²) < 4.78 is 19.8. The topological polar surface area (TPSA) is 105 Å². The van der Waals surface area contributed by atoms with Crippen LogP contribution in [0.15, 0.2) is 42.5 Å². The first-order valence-electron chi connectivity index (χ1n) is 13.4. The van der Waals surface area contributed by atoms with Crippen molar-refractivity contribution >= 4 is 17.6 Å². The van der Waals surface area contributed by atoms with Crippen molar-refractivity contribution in [2.45, 2.75) is 66.7 Å². The van der Waals surface area contributed by atoms with Crippen molar-refractivity contribution in [3.63, 3.8) is 0 Å². The van der Waals surface area contributed by atoms with Crippen LogP contribution in [0.4, 0.5) is 4.39 Å². The molecule has 0 saturated carbocycles. The van der Waals surface area contributed by atoms with Crippen molar-refractivity contribution in [2.24, 2.45) is 5.92 Å². The quantitative estimate of drug-likeness (QED) is 0.0873. The van der Waals surface area contributed by atoms with Gasteiger partial charge in [-0.05, 0) is 69.4 Å². The molecule has 7 nitrogen and oxygen atoms in total. The van der Waals surface area contributed by atoms with E-state index in [2.05, 4.69) is 24.1 Å². The molecule has 0 aliphatic carbocycles. The highest BCUT2D eigenvalue weighted by molar-refractivity contribution is 5.99. The SMILES string of the molecule is CC.CCCCOCCCCc1ccc(C#Cc2ccc(C(C)=O)cc2)cc1F.CNC(=O)C(C)C(=O)NO.